The number of carbonyl (C=O) groups is 1. The van der Waals surface area contributed by atoms with Crippen LogP contribution >= 0.6 is 0 Å². The van der Waals surface area contributed by atoms with Crippen molar-refractivity contribution in [1.29, 1.82) is 0 Å². The lowest BCUT2D eigenvalue weighted by molar-refractivity contribution is 0.111. The van der Waals surface area contributed by atoms with Gasteiger partial charge in [-0.3, -0.25) is 9.20 Å². The number of carbonyl (C=O) groups excluding carboxylic acids is 1. The number of fused-ring (bicyclic) bond motifs is 1. The molecule has 1 aliphatic heterocycles. The Morgan fingerprint density at radius 3 is 2.80 bits per heavy atom. The molecule has 0 aliphatic carbocycles. The molecule has 3 rings (SSSR count). The Balaban J connectivity index is 2.01. The fourth-order valence-electron chi connectivity index (χ4n) is 3.14. The highest BCUT2D eigenvalue weighted by atomic mass is 16.1. The molecule has 0 amide bonds. The minimum atomic E-state index is 0.499. The Hall–Kier alpha value is -1.88. The molecule has 3 heterocycles. The molecule has 5 heteroatoms. The van der Waals surface area contributed by atoms with Gasteiger partial charge in [0.05, 0.1) is 0 Å². The highest BCUT2D eigenvalue weighted by molar-refractivity contribution is 5.83. The predicted octanol–water partition coefficient (Wildman–Crippen LogP) is 1.53. The van der Waals surface area contributed by atoms with E-state index in [1.54, 1.807) is 0 Å². The van der Waals surface area contributed by atoms with E-state index >= 15 is 0 Å². The molecule has 5 nitrogen and oxygen atoms in total. The van der Waals surface area contributed by atoms with E-state index in [0.29, 0.717) is 17.7 Å². The molecule has 20 heavy (non-hydrogen) atoms. The third-order valence-corrected chi connectivity index (χ3v) is 4.19. The molecule has 0 N–H and O–H groups in total. The molecule has 0 spiro atoms. The zero-order chi connectivity index (χ0) is 14.3. The van der Waals surface area contributed by atoms with Gasteiger partial charge < -0.3 is 9.80 Å². The minimum Gasteiger partial charge on any atom is -0.353 e. The van der Waals surface area contributed by atoms with Crippen molar-refractivity contribution in [2.75, 3.05) is 32.1 Å². The highest BCUT2D eigenvalue weighted by Crippen LogP contribution is 2.28. The molecule has 1 fully saturated rings. The number of aldehydes is 1. The Kier molecular flexibility index (Phi) is 3.22. The second-order valence-corrected chi connectivity index (χ2v) is 5.78. The van der Waals surface area contributed by atoms with E-state index in [9.17, 15) is 4.79 Å². The molecule has 0 saturated carbocycles. The fourth-order valence-corrected chi connectivity index (χ4v) is 3.14. The summed E-state index contributed by atoms with van der Waals surface area (Å²) in [6, 6.07) is 6.29. The van der Waals surface area contributed by atoms with Gasteiger partial charge in [0.2, 0.25) is 0 Å². The zero-order valence-corrected chi connectivity index (χ0v) is 12.2. The average molecular weight is 272 g/mol. The summed E-state index contributed by atoms with van der Waals surface area (Å²) >= 11 is 0. The van der Waals surface area contributed by atoms with Gasteiger partial charge in [0.1, 0.15) is 11.3 Å². The van der Waals surface area contributed by atoms with Crippen LogP contribution in [-0.2, 0) is 0 Å². The maximum absolute atomic E-state index is 11.5. The first kappa shape index (κ1) is 13.1. The van der Waals surface area contributed by atoms with E-state index in [0.717, 1.165) is 30.8 Å². The van der Waals surface area contributed by atoms with E-state index in [-0.39, 0.29) is 0 Å². The Morgan fingerprint density at radius 2 is 2.15 bits per heavy atom. The number of anilines is 1. The fraction of sp³-hybridized carbons (Fsp3) is 0.467. The maximum Gasteiger partial charge on any atom is 0.170 e. The number of likely N-dealkylation sites (N-methyl/N-ethyl adjacent to an activating group) is 1. The van der Waals surface area contributed by atoms with E-state index in [1.807, 2.05) is 28.8 Å². The molecule has 2 atom stereocenters. The van der Waals surface area contributed by atoms with Gasteiger partial charge in [-0.15, -0.1) is 0 Å². The van der Waals surface area contributed by atoms with Crippen LogP contribution in [0.5, 0.6) is 0 Å². The Bertz CT molecular complexity index is 634. The van der Waals surface area contributed by atoms with Gasteiger partial charge in [-0.1, -0.05) is 13.0 Å². The number of hydrogen-bond donors (Lipinski definition) is 0. The quantitative estimate of drug-likeness (QED) is 0.795. The SMILES string of the molecule is CC1CN(c2nc3ccccn3c2C=O)CC1N(C)C. The predicted molar refractivity (Wildman–Crippen MR) is 79.4 cm³/mol. The van der Waals surface area contributed by atoms with Crippen molar-refractivity contribution in [3.63, 3.8) is 0 Å². The monoisotopic (exact) mass is 272 g/mol. The molecule has 0 bridgehead atoms. The number of nitrogens with zero attached hydrogens (tertiary/aromatic N) is 4. The molecule has 0 radical (unpaired) electrons. The summed E-state index contributed by atoms with van der Waals surface area (Å²) in [7, 11) is 4.21. The molecular formula is C15H20N4O. The third-order valence-electron chi connectivity index (χ3n) is 4.19. The number of aromatic nitrogens is 2. The van der Waals surface area contributed by atoms with Gasteiger partial charge >= 0.3 is 0 Å². The molecule has 2 unspecified atom stereocenters. The van der Waals surface area contributed by atoms with Crippen LogP contribution in [0, 0.1) is 5.92 Å². The standard InChI is InChI=1S/C15H20N4O/c1-11-8-18(9-12(11)17(2)3)15-13(10-20)19-7-5-4-6-14(19)16-15/h4-7,10-12H,8-9H2,1-3H3. The van der Waals surface area contributed by atoms with Crippen LogP contribution in [-0.4, -0.2) is 53.8 Å². The topological polar surface area (TPSA) is 40.9 Å². The van der Waals surface area contributed by atoms with Crippen molar-refractivity contribution in [1.82, 2.24) is 14.3 Å². The van der Waals surface area contributed by atoms with Crippen LogP contribution in [0.25, 0.3) is 5.65 Å². The van der Waals surface area contributed by atoms with Crippen molar-refractivity contribution in [3.05, 3.63) is 30.1 Å². The largest absolute Gasteiger partial charge is 0.353 e. The smallest absolute Gasteiger partial charge is 0.170 e. The molecule has 1 aliphatic rings. The maximum atomic E-state index is 11.5. The second-order valence-electron chi connectivity index (χ2n) is 5.78. The van der Waals surface area contributed by atoms with Crippen molar-refractivity contribution >= 4 is 17.8 Å². The van der Waals surface area contributed by atoms with Crippen LogP contribution in [0.2, 0.25) is 0 Å². The van der Waals surface area contributed by atoms with Crippen molar-refractivity contribution < 1.29 is 4.79 Å². The van der Waals surface area contributed by atoms with E-state index in [1.165, 1.54) is 0 Å². The number of pyridine rings is 1. The van der Waals surface area contributed by atoms with Crippen LogP contribution < -0.4 is 4.90 Å². The summed E-state index contributed by atoms with van der Waals surface area (Å²) in [6.07, 6.45) is 2.79. The summed E-state index contributed by atoms with van der Waals surface area (Å²) in [6.45, 7) is 4.10. The van der Waals surface area contributed by atoms with Gasteiger partial charge in [0, 0.05) is 25.3 Å². The summed E-state index contributed by atoms with van der Waals surface area (Å²) < 4.78 is 1.86. The van der Waals surface area contributed by atoms with Crippen LogP contribution in [0.1, 0.15) is 17.4 Å². The van der Waals surface area contributed by atoms with Crippen LogP contribution in [0.3, 0.4) is 0 Å². The van der Waals surface area contributed by atoms with Crippen molar-refractivity contribution in [2.45, 2.75) is 13.0 Å². The van der Waals surface area contributed by atoms with Crippen molar-refractivity contribution in [2.24, 2.45) is 5.92 Å². The summed E-state index contributed by atoms with van der Waals surface area (Å²) in [4.78, 5) is 20.6. The third kappa shape index (κ3) is 1.98. The zero-order valence-electron chi connectivity index (χ0n) is 12.2. The lowest BCUT2D eigenvalue weighted by Crippen LogP contribution is -2.34. The van der Waals surface area contributed by atoms with Gasteiger partial charge in [0.15, 0.2) is 12.1 Å². The highest BCUT2D eigenvalue weighted by Gasteiger charge is 2.33. The van der Waals surface area contributed by atoms with Crippen LogP contribution in [0.15, 0.2) is 24.4 Å². The number of rotatable bonds is 3. The molecule has 2 aromatic rings. The number of imidazole rings is 1. The molecule has 2 aromatic heterocycles. The summed E-state index contributed by atoms with van der Waals surface area (Å²) in [5.74, 6) is 1.37. The van der Waals surface area contributed by atoms with Gasteiger partial charge in [-0.2, -0.15) is 0 Å². The second kappa shape index (κ2) is 4.90. The van der Waals surface area contributed by atoms with E-state index < -0.39 is 0 Å². The lowest BCUT2D eigenvalue weighted by atomic mass is 10.1. The average Bonchev–Trinajstić information content (AvgIpc) is 2.98. The van der Waals surface area contributed by atoms with E-state index in [2.05, 4.69) is 35.8 Å². The van der Waals surface area contributed by atoms with Crippen molar-refractivity contribution in [3.8, 4) is 0 Å². The molecule has 106 valence electrons. The van der Waals surface area contributed by atoms with Gasteiger partial charge in [-0.05, 0) is 32.1 Å². The molecule has 1 saturated heterocycles. The minimum absolute atomic E-state index is 0.499. The Labute approximate surface area is 118 Å². The number of hydrogen-bond acceptors (Lipinski definition) is 4. The van der Waals surface area contributed by atoms with Gasteiger partial charge in [-0.25, -0.2) is 4.98 Å². The first-order valence-electron chi connectivity index (χ1n) is 6.95. The van der Waals surface area contributed by atoms with E-state index in [4.69, 9.17) is 0 Å². The first-order chi connectivity index (χ1) is 9.61. The summed E-state index contributed by atoms with van der Waals surface area (Å²) in [5.41, 5.74) is 1.47. The lowest BCUT2D eigenvalue weighted by Gasteiger charge is -2.22. The first-order valence-corrected chi connectivity index (χ1v) is 6.95. The molecular weight excluding hydrogens is 252 g/mol. The van der Waals surface area contributed by atoms with Crippen LogP contribution in [0.4, 0.5) is 5.82 Å². The summed E-state index contributed by atoms with van der Waals surface area (Å²) in [5, 5.41) is 0. The molecule has 0 aromatic carbocycles. The normalized spacial score (nSPS) is 22.9. The van der Waals surface area contributed by atoms with Gasteiger partial charge in [0.25, 0.3) is 0 Å². The Morgan fingerprint density at radius 1 is 1.35 bits per heavy atom.